The summed E-state index contributed by atoms with van der Waals surface area (Å²) in [6, 6.07) is 10.1. The van der Waals surface area contributed by atoms with Crippen molar-refractivity contribution in [2.75, 3.05) is 25.9 Å². The third-order valence-electron chi connectivity index (χ3n) is 5.38. The Morgan fingerprint density at radius 1 is 1.23 bits per heavy atom. The van der Waals surface area contributed by atoms with E-state index in [2.05, 4.69) is 25.4 Å². The Morgan fingerprint density at radius 2 is 2.00 bits per heavy atom. The van der Waals surface area contributed by atoms with E-state index in [9.17, 15) is 8.42 Å². The van der Waals surface area contributed by atoms with E-state index in [4.69, 9.17) is 0 Å². The van der Waals surface area contributed by atoms with Gasteiger partial charge in [-0.15, -0.1) is 0 Å². The first-order valence-corrected chi connectivity index (χ1v) is 12.1. The van der Waals surface area contributed by atoms with Gasteiger partial charge in [0.1, 0.15) is 0 Å². The molecular formula is C21H32N6O2S. The number of para-hydroxylation sites is 1. The van der Waals surface area contributed by atoms with Crippen LogP contribution in [0.25, 0.3) is 5.69 Å². The van der Waals surface area contributed by atoms with Gasteiger partial charge in [0.25, 0.3) is 0 Å². The van der Waals surface area contributed by atoms with E-state index in [0.717, 1.165) is 35.5 Å². The standard InChI is InChI=1S/C21H32N6O2S/c1-16-13-17(2)27(26-16)20-10-5-4-9-19(20)15-24-21(22-3)23-11-12-30(28,29)25-14-18-7-6-8-18/h4-5,9-10,13,18,25H,6-8,11-12,14-15H2,1-3H3,(H2,22,23,24). The van der Waals surface area contributed by atoms with Crippen LogP contribution in [0.1, 0.15) is 36.2 Å². The predicted octanol–water partition coefficient (Wildman–Crippen LogP) is 1.87. The summed E-state index contributed by atoms with van der Waals surface area (Å²) in [5, 5.41) is 10.9. The monoisotopic (exact) mass is 432 g/mol. The maximum Gasteiger partial charge on any atom is 0.213 e. The SMILES string of the molecule is CN=C(NCCS(=O)(=O)NCC1CCC1)NCc1ccccc1-n1nc(C)cc1C. The zero-order valence-corrected chi connectivity index (χ0v) is 18.8. The van der Waals surface area contributed by atoms with E-state index >= 15 is 0 Å². The highest BCUT2D eigenvalue weighted by Gasteiger charge is 2.20. The second-order valence-electron chi connectivity index (χ2n) is 7.78. The molecule has 0 saturated heterocycles. The van der Waals surface area contributed by atoms with Gasteiger partial charge in [-0.1, -0.05) is 24.6 Å². The van der Waals surface area contributed by atoms with Crippen LogP contribution in [0, 0.1) is 19.8 Å². The van der Waals surface area contributed by atoms with E-state index in [1.54, 1.807) is 7.05 Å². The summed E-state index contributed by atoms with van der Waals surface area (Å²) in [7, 11) is -1.60. The van der Waals surface area contributed by atoms with E-state index < -0.39 is 10.0 Å². The Balaban J connectivity index is 1.52. The van der Waals surface area contributed by atoms with Gasteiger partial charge in [0.15, 0.2) is 5.96 Å². The zero-order valence-electron chi connectivity index (χ0n) is 18.0. The van der Waals surface area contributed by atoms with Crippen LogP contribution in [0.3, 0.4) is 0 Å². The molecule has 8 nitrogen and oxygen atoms in total. The van der Waals surface area contributed by atoms with Crippen molar-refractivity contribution in [3.63, 3.8) is 0 Å². The lowest BCUT2D eigenvalue weighted by Gasteiger charge is -2.25. The van der Waals surface area contributed by atoms with Crippen LogP contribution in [0.4, 0.5) is 0 Å². The number of guanidine groups is 1. The Labute approximate surface area is 179 Å². The van der Waals surface area contributed by atoms with Crippen molar-refractivity contribution >= 4 is 16.0 Å². The molecule has 2 aromatic rings. The van der Waals surface area contributed by atoms with E-state index in [1.807, 2.05) is 48.9 Å². The predicted molar refractivity (Wildman–Crippen MR) is 120 cm³/mol. The molecular weight excluding hydrogens is 400 g/mol. The molecule has 30 heavy (non-hydrogen) atoms. The number of sulfonamides is 1. The molecule has 0 atom stereocenters. The smallest absolute Gasteiger partial charge is 0.213 e. The van der Waals surface area contributed by atoms with Crippen LogP contribution in [0.5, 0.6) is 0 Å². The maximum atomic E-state index is 12.1. The molecule has 1 aliphatic rings. The molecule has 1 aliphatic carbocycles. The van der Waals surface area contributed by atoms with Crippen molar-refractivity contribution in [1.29, 1.82) is 0 Å². The van der Waals surface area contributed by atoms with Gasteiger partial charge in [0.2, 0.25) is 10.0 Å². The molecule has 1 aromatic heterocycles. The number of benzene rings is 1. The fourth-order valence-corrected chi connectivity index (χ4v) is 4.46. The zero-order chi connectivity index (χ0) is 21.6. The summed E-state index contributed by atoms with van der Waals surface area (Å²) in [5.74, 6) is 1.08. The minimum atomic E-state index is -3.28. The van der Waals surface area contributed by atoms with Crippen LogP contribution < -0.4 is 15.4 Å². The topological polar surface area (TPSA) is 100 Å². The molecule has 1 aromatic carbocycles. The first-order valence-electron chi connectivity index (χ1n) is 10.4. The quantitative estimate of drug-likeness (QED) is 0.415. The number of rotatable bonds is 9. The van der Waals surface area contributed by atoms with E-state index in [1.165, 1.54) is 6.42 Å². The van der Waals surface area contributed by atoms with Crippen molar-refractivity contribution in [2.24, 2.45) is 10.9 Å². The van der Waals surface area contributed by atoms with Gasteiger partial charge < -0.3 is 10.6 Å². The fourth-order valence-electron chi connectivity index (χ4n) is 3.46. The first kappa shape index (κ1) is 22.3. The van der Waals surface area contributed by atoms with E-state index in [-0.39, 0.29) is 5.75 Å². The average molecular weight is 433 g/mol. The summed E-state index contributed by atoms with van der Waals surface area (Å²) in [4.78, 5) is 4.20. The Kier molecular flexibility index (Phi) is 7.49. The third-order valence-corrected chi connectivity index (χ3v) is 6.73. The molecule has 0 bridgehead atoms. The molecule has 0 radical (unpaired) electrons. The normalized spacial score (nSPS) is 15.1. The second-order valence-corrected chi connectivity index (χ2v) is 9.71. The lowest BCUT2D eigenvalue weighted by Crippen LogP contribution is -2.41. The summed E-state index contributed by atoms with van der Waals surface area (Å²) in [5.41, 5.74) is 4.12. The maximum absolute atomic E-state index is 12.1. The molecule has 0 amide bonds. The van der Waals surface area contributed by atoms with Crippen molar-refractivity contribution in [3.05, 3.63) is 47.3 Å². The number of nitrogens with zero attached hydrogens (tertiary/aromatic N) is 3. The van der Waals surface area contributed by atoms with Crippen LogP contribution in [-0.2, 0) is 16.6 Å². The molecule has 1 fully saturated rings. The highest BCUT2D eigenvalue weighted by atomic mass is 32.2. The van der Waals surface area contributed by atoms with Crippen LogP contribution in [-0.4, -0.2) is 50.0 Å². The highest BCUT2D eigenvalue weighted by Crippen LogP contribution is 2.25. The van der Waals surface area contributed by atoms with Gasteiger partial charge in [0, 0.05) is 32.4 Å². The average Bonchev–Trinajstić information content (AvgIpc) is 3.01. The van der Waals surface area contributed by atoms with Gasteiger partial charge in [-0.3, -0.25) is 4.99 Å². The summed E-state index contributed by atoms with van der Waals surface area (Å²) in [6.07, 6.45) is 3.45. The van der Waals surface area contributed by atoms with Gasteiger partial charge in [0.05, 0.1) is 17.1 Å². The Bertz CT molecular complexity index is 979. The highest BCUT2D eigenvalue weighted by molar-refractivity contribution is 7.89. The van der Waals surface area contributed by atoms with Gasteiger partial charge in [-0.2, -0.15) is 5.10 Å². The van der Waals surface area contributed by atoms with Crippen molar-refractivity contribution < 1.29 is 8.42 Å². The van der Waals surface area contributed by atoms with E-state index in [0.29, 0.717) is 31.5 Å². The van der Waals surface area contributed by atoms with Crippen molar-refractivity contribution in [1.82, 2.24) is 25.1 Å². The summed E-state index contributed by atoms with van der Waals surface area (Å²) >= 11 is 0. The van der Waals surface area contributed by atoms with Gasteiger partial charge in [-0.05, 0) is 50.3 Å². The Morgan fingerprint density at radius 3 is 2.63 bits per heavy atom. The summed E-state index contributed by atoms with van der Waals surface area (Å²) in [6.45, 7) is 5.40. The first-order chi connectivity index (χ1) is 14.4. The minimum Gasteiger partial charge on any atom is -0.355 e. The van der Waals surface area contributed by atoms with Crippen molar-refractivity contribution in [2.45, 2.75) is 39.7 Å². The number of aliphatic imine (C=N–C) groups is 1. The lowest BCUT2D eigenvalue weighted by molar-refractivity contribution is 0.316. The Hall–Kier alpha value is -2.39. The third kappa shape index (κ3) is 6.06. The van der Waals surface area contributed by atoms with Crippen LogP contribution in [0.15, 0.2) is 35.3 Å². The number of aryl methyl sites for hydroxylation is 2. The van der Waals surface area contributed by atoms with Crippen LogP contribution >= 0.6 is 0 Å². The molecule has 1 heterocycles. The molecule has 0 unspecified atom stereocenters. The molecule has 9 heteroatoms. The molecule has 1 saturated carbocycles. The van der Waals surface area contributed by atoms with Gasteiger partial charge >= 0.3 is 0 Å². The largest absolute Gasteiger partial charge is 0.355 e. The lowest BCUT2D eigenvalue weighted by atomic mass is 9.86. The minimum absolute atomic E-state index is 0.0166. The molecule has 164 valence electrons. The molecule has 3 N–H and O–H groups in total. The molecule has 3 rings (SSSR count). The number of nitrogens with one attached hydrogen (secondary N) is 3. The van der Waals surface area contributed by atoms with Crippen LogP contribution in [0.2, 0.25) is 0 Å². The molecule has 0 aliphatic heterocycles. The molecule has 0 spiro atoms. The fraction of sp³-hybridized carbons (Fsp3) is 0.524. The van der Waals surface area contributed by atoms with Crippen molar-refractivity contribution in [3.8, 4) is 5.69 Å². The second kappa shape index (κ2) is 10.1. The number of hydrogen-bond acceptors (Lipinski definition) is 4. The number of hydrogen-bond donors (Lipinski definition) is 3. The summed E-state index contributed by atoms with van der Waals surface area (Å²) < 4.78 is 28.9. The van der Waals surface area contributed by atoms with Gasteiger partial charge in [-0.25, -0.2) is 17.8 Å². The number of aromatic nitrogens is 2.